The van der Waals surface area contributed by atoms with Gasteiger partial charge in [0, 0.05) is 26.2 Å². The molecule has 0 aromatic heterocycles. The Bertz CT molecular complexity index is 776. The van der Waals surface area contributed by atoms with Gasteiger partial charge in [-0.05, 0) is 25.0 Å². The molecule has 30 heavy (non-hydrogen) atoms. The molecule has 9 heteroatoms. The first-order chi connectivity index (χ1) is 14.4. The van der Waals surface area contributed by atoms with E-state index in [0.29, 0.717) is 44.3 Å². The quantitative estimate of drug-likeness (QED) is 0.772. The largest absolute Gasteiger partial charge is 0.485 e. The molecule has 2 aliphatic rings. The predicted molar refractivity (Wildman–Crippen MR) is 108 cm³/mol. The van der Waals surface area contributed by atoms with Crippen LogP contribution >= 0.6 is 0 Å². The number of nitrogens with one attached hydrogen (secondary N) is 1. The molecule has 1 saturated heterocycles. The summed E-state index contributed by atoms with van der Waals surface area (Å²) in [7, 11) is 0. The summed E-state index contributed by atoms with van der Waals surface area (Å²) in [5.41, 5.74) is 0. The Morgan fingerprint density at radius 1 is 1.10 bits per heavy atom. The lowest BCUT2D eigenvalue weighted by atomic mass is 10.0. The number of benzene rings is 1. The number of amides is 3. The number of carbonyl (C=O) groups is 3. The lowest BCUT2D eigenvalue weighted by molar-refractivity contribution is -0.141. The summed E-state index contributed by atoms with van der Waals surface area (Å²) in [6, 6.07) is 6.46. The molecule has 2 atom stereocenters. The number of piperazine rings is 1. The fraction of sp³-hybridized carbons (Fsp3) is 0.571. The smallest absolute Gasteiger partial charge is 0.409 e. The maximum absolute atomic E-state index is 13.1. The van der Waals surface area contributed by atoms with Crippen LogP contribution in [-0.4, -0.2) is 79.2 Å². The number of hydrogen-bond donors (Lipinski definition) is 1. The van der Waals surface area contributed by atoms with Crippen molar-refractivity contribution in [3.63, 3.8) is 0 Å². The first kappa shape index (κ1) is 21.7. The Morgan fingerprint density at radius 3 is 2.37 bits per heavy atom. The van der Waals surface area contributed by atoms with E-state index < -0.39 is 12.1 Å². The minimum absolute atomic E-state index is 0.0834. The van der Waals surface area contributed by atoms with Crippen LogP contribution < -0.4 is 14.8 Å². The molecule has 0 aliphatic carbocycles. The van der Waals surface area contributed by atoms with Crippen LogP contribution in [0.5, 0.6) is 11.5 Å². The van der Waals surface area contributed by atoms with Gasteiger partial charge in [-0.25, -0.2) is 4.79 Å². The van der Waals surface area contributed by atoms with E-state index in [1.807, 2.05) is 19.9 Å². The second kappa shape index (κ2) is 9.69. The van der Waals surface area contributed by atoms with Crippen LogP contribution in [-0.2, 0) is 14.3 Å². The van der Waals surface area contributed by atoms with Crippen LogP contribution in [0.25, 0.3) is 0 Å². The zero-order valence-corrected chi connectivity index (χ0v) is 17.6. The second-order valence-corrected chi connectivity index (χ2v) is 7.61. The zero-order chi connectivity index (χ0) is 21.7. The van der Waals surface area contributed by atoms with Crippen molar-refractivity contribution in [2.45, 2.75) is 32.9 Å². The summed E-state index contributed by atoms with van der Waals surface area (Å²) in [6.07, 6.45) is -1.19. The standard InChI is InChI=1S/C21H29N3O6/c1-4-28-21(27)24-11-9-23(10-12-24)20(26)18(14(2)3)22-19(25)17-13-29-15-7-5-6-8-16(15)30-17/h5-8,14,17-18H,4,9-13H2,1-3H3,(H,22,25)/t17-,18+/m1/s1. The lowest BCUT2D eigenvalue weighted by Crippen LogP contribution is -2.59. The number of rotatable bonds is 5. The molecule has 0 bridgehead atoms. The summed E-state index contributed by atoms with van der Waals surface area (Å²) in [5, 5.41) is 2.83. The van der Waals surface area contributed by atoms with Gasteiger partial charge in [-0.1, -0.05) is 26.0 Å². The normalized spacial score (nSPS) is 19.3. The van der Waals surface area contributed by atoms with Gasteiger partial charge in [-0.3, -0.25) is 9.59 Å². The number of carbonyl (C=O) groups excluding carboxylic acids is 3. The van der Waals surface area contributed by atoms with E-state index in [9.17, 15) is 14.4 Å². The number of nitrogens with zero attached hydrogens (tertiary/aromatic N) is 2. The lowest BCUT2D eigenvalue weighted by Gasteiger charge is -2.37. The van der Waals surface area contributed by atoms with Crippen molar-refractivity contribution in [3.05, 3.63) is 24.3 Å². The van der Waals surface area contributed by atoms with Gasteiger partial charge < -0.3 is 29.3 Å². The molecule has 1 aromatic carbocycles. The molecule has 0 saturated carbocycles. The average molecular weight is 419 g/mol. The van der Waals surface area contributed by atoms with Crippen molar-refractivity contribution in [3.8, 4) is 11.5 Å². The molecular formula is C21H29N3O6. The van der Waals surface area contributed by atoms with Crippen LogP contribution in [0.4, 0.5) is 4.79 Å². The minimum atomic E-state index is -0.824. The zero-order valence-electron chi connectivity index (χ0n) is 17.6. The third kappa shape index (κ3) is 4.95. The molecule has 3 amide bonds. The highest BCUT2D eigenvalue weighted by molar-refractivity contribution is 5.90. The van der Waals surface area contributed by atoms with E-state index in [1.54, 1.807) is 34.9 Å². The molecule has 2 aliphatic heterocycles. The van der Waals surface area contributed by atoms with Crippen LogP contribution in [0.1, 0.15) is 20.8 Å². The molecule has 1 aromatic rings. The van der Waals surface area contributed by atoms with Crippen molar-refractivity contribution >= 4 is 17.9 Å². The fourth-order valence-corrected chi connectivity index (χ4v) is 3.43. The third-order valence-corrected chi connectivity index (χ3v) is 5.15. The maximum Gasteiger partial charge on any atom is 0.409 e. The first-order valence-corrected chi connectivity index (χ1v) is 10.3. The fourth-order valence-electron chi connectivity index (χ4n) is 3.43. The van der Waals surface area contributed by atoms with Crippen molar-refractivity contribution < 1.29 is 28.6 Å². The SMILES string of the molecule is CCOC(=O)N1CCN(C(=O)[C@@H](NC(=O)[C@H]2COc3ccccc3O2)C(C)C)CC1. The summed E-state index contributed by atoms with van der Waals surface area (Å²) in [6.45, 7) is 7.51. The van der Waals surface area contributed by atoms with Crippen LogP contribution in [0.3, 0.4) is 0 Å². The van der Waals surface area contributed by atoms with E-state index in [4.69, 9.17) is 14.2 Å². The molecule has 0 spiro atoms. The van der Waals surface area contributed by atoms with Crippen molar-refractivity contribution in [2.75, 3.05) is 39.4 Å². The van der Waals surface area contributed by atoms with Crippen molar-refractivity contribution in [2.24, 2.45) is 5.92 Å². The molecule has 1 N–H and O–H groups in total. The van der Waals surface area contributed by atoms with E-state index in [2.05, 4.69) is 5.32 Å². The monoisotopic (exact) mass is 419 g/mol. The highest BCUT2D eigenvalue weighted by Crippen LogP contribution is 2.31. The highest BCUT2D eigenvalue weighted by atomic mass is 16.6. The molecule has 2 heterocycles. The third-order valence-electron chi connectivity index (χ3n) is 5.15. The molecule has 1 fully saturated rings. The Hall–Kier alpha value is -2.97. The Kier molecular flexibility index (Phi) is 7.02. The van der Waals surface area contributed by atoms with Gasteiger partial charge in [0.25, 0.3) is 5.91 Å². The molecule has 3 rings (SSSR count). The van der Waals surface area contributed by atoms with E-state index in [0.717, 1.165) is 0 Å². The van der Waals surface area contributed by atoms with E-state index >= 15 is 0 Å². The average Bonchev–Trinajstić information content (AvgIpc) is 2.76. The summed E-state index contributed by atoms with van der Waals surface area (Å²) in [4.78, 5) is 40.9. The van der Waals surface area contributed by atoms with Gasteiger partial charge in [0.15, 0.2) is 11.5 Å². The van der Waals surface area contributed by atoms with Gasteiger partial charge >= 0.3 is 6.09 Å². The van der Waals surface area contributed by atoms with Crippen molar-refractivity contribution in [1.82, 2.24) is 15.1 Å². The van der Waals surface area contributed by atoms with Gasteiger partial charge in [0.05, 0.1) is 6.61 Å². The first-order valence-electron chi connectivity index (χ1n) is 10.3. The Labute approximate surface area is 176 Å². The summed E-state index contributed by atoms with van der Waals surface area (Å²) < 4.78 is 16.4. The summed E-state index contributed by atoms with van der Waals surface area (Å²) in [5.74, 6) is 0.436. The molecule has 0 radical (unpaired) electrons. The van der Waals surface area contributed by atoms with Crippen molar-refractivity contribution in [1.29, 1.82) is 0 Å². The van der Waals surface area contributed by atoms with E-state index in [-0.39, 0.29) is 30.4 Å². The van der Waals surface area contributed by atoms with Crippen LogP contribution in [0.15, 0.2) is 24.3 Å². The Balaban J connectivity index is 1.57. The highest BCUT2D eigenvalue weighted by Gasteiger charge is 2.35. The number of ether oxygens (including phenoxy) is 3. The predicted octanol–water partition coefficient (Wildman–Crippen LogP) is 1.27. The van der Waals surface area contributed by atoms with Gasteiger partial charge in [-0.15, -0.1) is 0 Å². The Morgan fingerprint density at radius 2 is 1.73 bits per heavy atom. The van der Waals surface area contributed by atoms with Gasteiger partial charge in [0.2, 0.25) is 12.0 Å². The van der Waals surface area contributed by atoms with Gasteiger partial charge in [-0.2, -0.15) is 0 Å². The molecule has 164 valence electrons. The number of fused-ring (bicyclic) bond motifs is 1. The molecular weight excluding hydrogens is 390 g/mol. The van der Waals surface area contributed by atoms with Gasteiger partial charge in [0.1, 0.15) is 12.6 Å². The second-order valence-electron chi connectivity index (χ2n) is 7.61. The number of hydrogen-bond acceptors (Lipinski definition) is 6. The van der Waals surface area contributed by atoms with E-state index in [1.165, 1.54) is 0 Å². The number of para-hydroxylation sites is 2. The topological polar surface area (TPSA) is 97.4 Å². The van der Waals surface area contributed by atoms with Crippen LogP contribution in [0.2, 0.25) is 0 Å². The maximum atomic E-state index is 13.1. The minimum Gasteiger partial charge on any atom is -0.485 e. The molecule has 9 nitrogen and oxygen atoms in total. The van der Waals surface area contributed by atoms with Crippen LogP contribution in [0, 0.1) is 5.92 Å². The summed E-state index contributed by atoms with van der Waals surface area (Å²) >= 11 is 0. The molecule has 0 unspecified atom stereocenters.